The van der Waals surface area contributed by atoms with E-state index in [1.165, 1.54) is 28.8 Å². The molecule has 1 saturated heterocycles. The average molecular weight is 536 g/mol. The highest BCUT2D eigenvalue weighted by Crippen LogP contribution is 2.42. The number of anilines is 3. The molecule has 0 aromatic heterocycles. The highest BCUT2D eigenvalue weighted by atomic mass is 32.2. The third-order valence-corrected chi connectivity index (χ3v) is 7.48. The molecule has 6 rings (SSSR count). The van der Waals surface area contributed by atoms with Crippen LogP contribution in [0.25, 0.3) is 0 Å². The van der Waals surface area contributed by atoms with E-state index in [4.69, 9.17) is 19.1 Å². The molecule has 11 heteroatoms. The van der Waals surface area contributed by atoms with Gasteiger partial charge in [-0.05, 0) is 86.8 Å². The minimum atomic E-state index is -4.00. The highest BCUT2D eigenvalue weighted by Gasteiger charge is 2.49. The molecule has 1 unspecified atom stereocenters. The van der Waals surface area contributed by atoms with Crippen molar-refractivity contribution in [3.63, 3.8) is 0 Å². The van der Waals surface area contributed by atoms with E-state index in [0.717, 1.165) is 34.2 Å². The third-order valence-electron chi connectivity index (χ3n) is 6.61. The van der Waals surface area contributed by atoms with Gasteiger partial charge < -0.3 is 15.4 Å². The lowest BCUT2D eigenvalue weighted by molar-refractivity contribution is -0.0214. The molecule has 3 aliphatic heterocycles. The molecule has 1 fully saturated rings. The van der Waals surface area contributed by atoms with Gasteiger partial charge >= 0.3 is 5.97 Å². The molecule has 3 heterocycles. The fourth-order valence-electron chi connectivity index (χ4n) is 4.37. The molecule has 1 atom stereocenters. The summed E-state index contributed by atoms with van der Waals surface area (Å²) in [6, 6.07) is 17.7. The summed E-state index contributed by atoms with van der Waals surface area (Å²) in [4.78, 5) is 12.7. The van der Waals surface area contributed by atoms with Crippen LogP contribution in [0.4, 0.5) is 17.1 Å². The van der Waals surface area contributed by atoms with Crippen molar-refractivity contribution < 1.29 is 22.5 Å². The van der Waals surface area contributed by atoms with Crippen LogP contribution in [-0.2, 0) is 15.0 Å². The standard InChI is InChI=1S/C21H23N5O2.C6H6O3S/c1-12-7-16(8-13(2)15(12)4)24-21-23-10-14(3)20(25-28-21)26(21)17-5-6-19-18(9-17)22-11-27-19;7-10(8,9)6-4-2-1-3-5-6/h5-10,22,24-25H,11H2,1-4H3;1-5H,(H,7,8,9). The van der Waals surface area contributed by atoms with Gasteiger partial charge in [0.25, 0.3) is 10.1 Å². The molecule has 0 spiro atoms. The van der Waals surface area contributed by atoms with Crippen molar-refractivity contribution >= 4 is 33.4 Å². The quantitative estimate of drug-likeness (QED) is 0.352. The van der Waals surface area contributed by atoms with Crippen molar-refractivity contribution in [3.05, 3.63) is 88.7 Å². The van der Waals surface area contributed by atoms with Gasteiger partial charge in [-0.15, -0.1) is 0 Å². The summed E-state index contributed by atoms with van der Waals surface area (Å²) < 4.78 is 34.8. The summed E-state index contributed by atoms with van der Waals surface area (Å²) in [6.45, 7) is 8.85. The fourth-order valence-corrected chi connectivity index (χ4v) is 4.87. The van der Waals surface area contributed by atoms with Crippen LogP contribution in [0.1, 0.15) is 23.6 Å². The zero-order valence-electron chi connectivity index (χ0n) is 21.4. The first-order valence-electron chi connectivity index (χ1n) is 12.0. The maximum atomic E-state index is 10.4. The Kier molecular flexibility index (Phi) is 6.51. The lowest BCUT2D eigenvalue weighted by Crippen LogP contribution is -2.51. The van der Waals surface area contributed by atoms with Crippen molar-refractivity contribution in [1.29, 1.82) is 0 Å². The van der Waals surface area contributed by atoms with Gasteiger partial charge in [-0.3, -0.25) is 9.45 Å². The summed E-state index contributed by atoms with van der Waals surface area (Å²) in [6.07, 6.45) is 1.83. The normalized spacial score (nSPS) is 19.1. The number of hydrogen-bond acceptors (Lipinski definition) is 9. The van der Waals surface area contributed by atoms with Gasteiger partial charge in [0, 0.05) is 17.5 Å². The second-order valence-electron chi connectivity index (χ2n) is 9.23. The summed E-state index contributed by atoms with van der Waals surface area (Å²) in [5.74, 6) is 0.612. The second-order valence-corrected chi connectivity index (χ2v) is 10.7. The molecular weight excluding hydrogens is 506 g/mol. The number of hydrogen-bond donors (Lipinski definition) is 4. The third kappa shape index (κ3) is 4.78. The number of nitrogens with one attached hydrogen (secondary N) is 3. The van der Waals surface area contributed by atoms with E-state index in [2.05, 4.69) is 55.1 Å². The van der Waals surface area contributed by atoms with Crippen molar-refractivity contribution in [2.75, 3.05) is 22.3 Å². The van der Waals surface area contributed by atoms with E-state index in [1.807, 2.05) is 30.2 Å². The molecule has 2 bridgehead atoms. The number of benzene rings is 3. The molecule has 10 nitrogen and oxygen atoms in total. The van der Waals surface area contributed by atoms with Gasteiger partial charge in [-0.2, -0.15) is 8.42 Å². The van der Waals surface area contributed by atoms with E-state index in [1.54, 1.807) is 18.2 Å². The summed E-state index contributed by atoms with van der Waals surface area (Å²) in [7, 11) is -4.00. The van der Waals surface area contributed by atoms with E-state index >= 15 is 0 Å². The van der Waals surface area contributed by atoms with Crippen LogP contribution < -0.4 is 25.8 Å². The summed E-state index contributed by atoms with van der Waals surface area (Å²) in [5.41, 5.74) is 10.6. The first kappa shape index (κ1) is 25.6. The molecule has 0 radical (unpaired) electrons. The molecule has 4 N–H and O–H groups in total. The smallest absolute Gasteiger partial charge is 0.351 e. The fraction of sp³-hybridized carbons (Fsp3) is 0.222. The Morgan fingerprint density at radius 1 is 1.03 bits per heavy atom. The van der Waals surface area contributed by atoms with Gasteiger partial charge in [0.15, 0.2) is 6.73 Å². The SMILES string of the molecule is CC1=C2NOC(Nc3cc(C)c(C)c(C)c3)(N=C1)N2c1ccc2c(c1)NCO2.O=S(=O)(O)c1ccccc1. The molecule has 0 saturated carbocycles. The Morgan fingerprint density at radius 2 is 1.74 bits per heavy atom. The van der Waals surface area contributed by atoms with Crippen molar-refractivity contribution in [3.8, 4) is 5.75 Å². The van der Waals surface area contributed by atoms with Crippen molar-refractivity contribution in [2.24, 2.45) is 4.99 Å². The first-order chi connectivity index (χ1) is 18.1. The van der Waals surface area contributed by atoms with E-state index in [0.29, 0.717) is 6.73 Å². The van der Waals surface area contributed by atoms with Crippen LogP contribution in [0.15, 0.2) is 81.9 Å². The van der Waals surface area contributed by atoms with Crippen LogP contribution >= 0.6 is 0 Å². The molecule has 198 valence electrons. The number of fused-ring (bicyclic) bond motifs is 3. The van der Waals surface area contributed by atoms with E-state index in [9.17, 15) is 8.42 Å². The van der Waals surface area contributed by atoms with Gasteiger partial charge in [-0.25, -0.2) is 15.3 Å². The van der Waals surface area contributed by atoms with Gasteiger partial charge in [-0.1, -0.05) is 18.2 Å². The van der Waals surface area contributed by atoms with Gasteiger partial charge in [0.1, 0.15) is 11.6 Å². The Morgan fingerprint density at radius 3 is 2.39 bits per heavy atom. The Bertz CT molecular complexity index is 1530. The Labute approximate surface area is 221 Å². The molecule has 38 heavy (non-hydrogen) atoms. The average Bonchev–Trinajstić information content (AvgIpc) is 3.47. The Hall–Kier alpha value is -4.06. The van der Waals surface area contributed by atoms with Crippen LogP contribution in [0.2, 0.25) is 0 Å². The zero-order valence-corrected chi connectivity index (χ0v) is 22.3. The molecule has 3 aromatic carbocycles. The number of allylic oxidation sites excluding steroid dienone is 1. The molecule has 0 amide bonds. The van der Waals surface area contributed by atoms with Gasteiger partial charge in [0.2, 0.25) is 0 Å². The predicted molar refractivity (Wildman–Crippen MR) is 147 cm³/mol. The van der Waals surface area contributed by atoms with Crippen LogP contribution in [0.5, 0.6) is 5.75 Å². The van der Waals surface area contributed by atoms with E-state index in [-0.39, 0.29) is 4.90 Å². The van der Waals surface area contributed by atoms with Crippen LogP contribution in [-0.4, -0.2) is 31.9 Å². The number of rotatable bonds is 4. The summed E-state index contributed by atoms with van der Waals surface area (Å²) >= 11 is 0. The molecule has 0 aliphatic carbocycles. The first-order valence-corrected chi connectivity index (χ1v) is 13.4. The molecule has 3 aromatic rings. The molecular formula is C27H29N5O5S. The highest BCUT2D eigenvalue weighted by molar-refractivity contribution is 7.85. The summed E-state index contributed by atoms with van der Waals surface area (Å²) in [5, 5.41) is 6.73. The number of aliphatic imine (C=N–C) groups is 1. The van der Waals surface area contributed by atoms with Crippen LogP contribution in [0.3, 0.4) is 0 Å². The predicted octanol–water partition coefficient (Wildman–Crippen LogP) is 4.69. The Balaban J connectivity index is 0.000000249. The topological polar surface area (TPSA) is 125 Å². The minimum absolute atomic E-state index is 0.0741. The number of ether oxygens (including phenoxy) is 1. The number of nitrogens with zero attached hydrogens (tertiary/aromatic N) is 2. The maximum Gasteiger partial charge on any atom is 0.351 e. The van der Waals surface area contributed by atoms with Gasteiger partial charge in [0.05, 0.1) is 16.3 Å². The second kappa shape index (κ2) is 9.67. The minimum Gasteiger partial charge on any atom is -0.471 e. The van der Waals surface area contributed by atoms with Crippen molar-refractivity contribution in [1.82, 2.24) is 5.48 Å². The number of aryl methyl sites for hydroxylation is 2. The largest absolute Gasteiger partial charge is 0.471 e. The van der Waals surface area contributed by atoms with Crippen molar-refractivity contribution in [2.45, 2.75) is 38.6 Å². The zero-order chi connectivity index (χ0) is 27.1. The lowest BCUT2D eigenvalue weighted by atomic mass is 10.0. The van der Waals surface area contributed by atoms with E-state index < -0.39 is 16.1 Å². The monoisotopic (exact) mass is 535 g/mol. The van der Waals surface area contributed by atoms with Crippen LogP contribution in [0, 0.1) is 20.8 Å². The lowest BCUT2D eigenvalue weighted by Gasteiger charge is -2.36. The maximum absolute atomic E-state index is 10.4. The number of hydroxylamine groups is 1. The molecule has 3 aliphatic rings.